The standard InChI is InChI=1S/C31H27BrN2O8S/c1-6-41-30(37)26-16(2)33-31-34(27(26)20-14-23(38-3)24(39-4)15-21(20)32)28(35)25(43-31)13-19-11-12-22(42-19)17-7-9-18(10-8-17)29(36)40-5/h7-15,27H,6H2,1-5H3/b25-13-/t27-/m1/s1. The van der Waals surface area contributed by atoms with Crippen LogP contribution in [0.4, 0.5) is 0 Å². The molecule has 0 fully saturated rings. The van der Waals surface area contributed by atoms with Gasteiger partial charge < -0.3 is 23.4 Å². The number of hydrogen-bond donors (Lipinski definition) is 0. The second kappa shape index (κ2) is 12.4. The summed E-state index contributed by atoms with van der Waals surface area (Å²) in [5, 5.41) is 0. The number of hydrogen-bond acceptors (Lipinski definition) is 10. The van der Waals surface area contributed by atoms with Crippen molar-refractivity contribution in [3.8, 4) is 22.8 Å². The number of aromatic nitrogens is 1. The van der Waals surface area contributed by atoms with Gasteiger partial charge >= 0.3 is 11.9 Å². The third kappa shape index (κ3) is 5.67. The Morgan fingerprint density at radius 2 is 1.74 bits per heavy atom. The molecular weight excluding hydrogens is 640 g/mol. The average Bonchev–Trinajstić information content (AvgIpc) is 3.60. The molecule has 10 nitrogen and oxygen atoms in total. The summed E-state index contributed by atoms with van der Waals surface area (Å²) in [6.07, 6.45) is 1.64. The number of rotatable bonds is 8. The van der Waals surface area contributed by atoms with E-state index in [2.05, 4.69) is 20.9 Å². The van der Waals surface area contributed by atoms with Gasteiger partial charge in [0.2, 0.25) is 0 Å². The summed E-state index contributed by atoms with van der Waals surface area (Å²) < 4.78 is 29.6. The summed E-state index contributed by atoms with van der Waals surface area (Å²) in [5.41, 5.74) is 2.09. The van der Waals surface area contributed by atoms with E-state index in [9.17, 15) is 14.4 Å². The normalized spacial score (nSPS) is 14.7. The monoisotopic (exact) mass is 666 g/mol. The lowest BCUT2D eigenvalue weighted by atomic mass is 9.95. The molecule has 0 saturated carbocycles. The number of thiazole rings is 1. The summed E-state index contributed by atoms with van der Waals surface area (Å²) in [6.45, 7) is 3.59. The Balaban J connectivity index is 1.62. The summed E-state index contributed by atoms with van der Waals surface area (Å²) in [4.78, 5) is 44.0. The quantitative estimate of drug-likeness (QED) is 0.250. The van der Waals surface area contributed by atoms with Crippen molar-refractivity contribution >= 4 is 45.3 Å². The predicted octanol–water partition coefficient (Wildman–Crippen LogP) is 4.62. The van der Waals surface area contributed by atoms with Crippen molar-refractivity contribution in [2.45, 2.75) is 19.9 Å². The average molecular weight is 668 g/mol. The van der Waals surface area contributed by atoms with Gasteiger partial charge in [0.15, 0.2) is 16.3 Å². The highest BCUT2D eigenvalue weighted by Gasteiger charge is 2.35. The Morgan fingerprint density at radius 3 is 2.40 bits per heavy atom. The van der Waals surface area contributed by atoms with Gasteiger partial charge in [0.25, 0.3) is 5.56 Å². The Bertz CT molecular complexity index is 1940. The number of fused-ring (bicyclic) bond motifs is 1. The van der Waals surface area contributed by atoms with E-state index >= 15 is 0 Å². The van der Waals surface area contributed by atoms with Crippen molar-refractivity contribution < 1.29 is 33.0 Å². The highest BCUT2D eigenvalue weighted by atomic mass is 79.9. The molecule has 1 atom stereocenters. The summed E-state index contributed by atoms with van der Waals surface area (Å²) in [6, 6.07) is 12.9. The minimum Gasteiger partial charge on any atom is -0.493 e. The van der Waals surface area contributed by atoms with Crippen LogP contribution in [-0.2, 0) is 14.3 Å². The Morgan fingerprint density at radius 1 is 1.05 bits per heavy atom. The number of esters is 2. The van der Waals surface area contributed by atoms with E-state index in [-0.39, 0.29) is 17.7 Å². The number of nitrogens with zero attached hydrogens (tertiary/aromatic N) is 2. The van der Waals surface area contributed by atoms with Crippen LogP contribution < -0.4 is 24.4 Å². The maximum atomic E-state index is 14.0. The van der Waals surface area contributed by atoms with Gasteiger partial charge in [0.05, 0.1) is 55.3 Å². The first kappa shape index (κ1) is 30.1. The van der Waals surface area contributed by atoms with E-state index in [0.29, 0.717) is 53.6 Å². The lowest BCUT2D eigenvalue weighted by Gasteiger charge is -2.26. The molecule has 4 aromatic rings. The van der Waals surface area contributed by atoms with Gasteiger partial charge in [-0.05, 0) is 55.8 Å². The SMILES string of the molecule is CCOC(=O)C1=C(C)N=c2s/c(=C\c3ccc(-c4ccc(C(=O)OC)cc4)o3)c(=O)n2[C@@H]1c1cc(OC)c(OC)cc1Br. The molecule has 0 N–H and O–H groups in total. The number of methoxy groups -OCH3 is 3. The molecule has 0 amide bonds. The number of halogens is 1. The second-order valence-corrected chi connectivity index (χ2v) is 11.2. The molecule has 1 aliphatic heterocycles. The third-order valence-electron chi connectivity index (χ3n) is 6.81. The van der Waals surface area contributed by atoms with E-state index in [0.717, 1.165) is 5.56 Å². The van der Waals surface area contributed by atoms with Crippen molar-refractivity contribution in [3.05, 3.63) is 101 Å². The smallest absolute Gasteiger partial charge is 0.338 e. The fourth-order valence-electron chi connectivity index (χ4n) is 4.77. The van der Waals surface area contributed by atoms with E-state index in [4.69, 9.17) is 23.4 Å². The molecule has 2 aromatic heterocycles. The van der Waals surface area contributed by atoms with Crippen molar-refractivity contribution in [3.63, 3.8) is 0 Å². The number of benzene rings is 2. The molecule has 0 unspecified atom stereocenters. The highest BCUT2D eigenvalue weighted by molar-refractivity contribution is 9.10. The maximum absolute atomic E-state index is 14.0. The fraction of sp³-hybridized carbons (Fsp3) is 0.226. The molecule has 43 heavy (non-hydrogen) atoms. The number of furan rings is 1. The first-order chi connectivity index (χ1) is 20.7. The molecule has 1 aliphatic rings. The lowest BCUT2D eigenvalue weighted by Crippen LogP contribution is -2.40. The van der Waals surface area contributed by atoms with Crippen LogP contribution in [0.1, 0.15) is 41.6 Å². The topological polar surface area (TPSA) is 119 Å². The Labute approximate surface area is 258 Å². The van der Waals surface area contributed by atoms with E-state index in [1.807, 2.05) is 0 Å². The molecule has 3 heterocycles. The maximum Gasteiger partial charge on any atom is 0.338 e. The summed E-state index contributed by atoms with van der Waals surface area (Å²) in [5.74, 6) is 0.923. The van der Waals surface area contributed by atoms with Crippen molar-refractivity contribution in [1.29, 1.82) is 0 Å². The second-order valence-electron chi connectivity index (χ2n) is 9.30. The predicted molar refractivity (Wildman–Crippen MR) is 163 cm³/mol. The summed E-state index contributed by atoms with van der Waals surface area (Å²) in [7, 11) is 4.37. The zero-order valence-corrected chi connectivity index (χ0v) is 26.3. The van der Waals surface area contributed by atoms with Crippen LogP contribution in [0.15, 0.2) is 78.5 Å². The highest BCUT2D eigenvalue weighted by Crippen LogP contribution is 2.40. The van der Waals surface area contributed by atoms with Crippen LogP contribution >= 0.6 is 27.3 Å². The zero-order valence-electron chi connectivity index (χ0n) is 23.9. The van der Waals surface area contributed by atoms with Crippen LogP contribution in [0, 0.1) is 0 Å². The number of allylic oxidation sites excluding steroid dienone is 1. The molecule has 5 rings (SSSR count). The van der Waals surface area contributed by atoms with E-state index in [1.165, 1.54) is 37.2 Å². The zero-order chi connectivity index (χ0) is 30.8. The molecule has 0 saturated heterocycles. The molecule has 0 radical (unpaired) electrons. The number of carbonyl (C=O) groups is 2. The van der Waals surface area contributed by atoms with Crippen LogP contribution in [0.3, 0.4) is 0 Å². The molecule has 12 heteroatoms. The number of carbonyl (C=O) groups excluding carboxylic acids is 2. The van der Waals surface area contributed by atoms with Crippen molar-refractivity contribution in [1.82, 2.24) is 4.57 Å². The molecule has 0 spiro atoms. The van der Waals surface area contributed by atoms with Gasteiger partial charge in [-0.1, -0.05) is 39.4 Å². The van der Waals surface area contributed by atoms with Crippen LogP contribution in [0.2, 0.25) is 0 Å². The molecule has 222 valence electrons. The van der Waals surface area contributed by atoms with Gasteiger partial charge in [0, 0.05) is 16.1 Å². The molecular formula is C31H27BrN2O8S. The van der Waals surface area contributed by atoms with Crippen LogP contribution in [0.25, 0.3) is 17.4 Å². The molecule has 0 aliphatic carbocycles. The largest absolute Gasteiger partial charge is 0.493 e. The third-order valence-corrected chi connectivity index (χ3v) is 8.47. The van der Waals surface area contributed by atoms with Gasteiger partial charge in [-0.15, -0.1) is 0 Å². The van der Waals surface area contributed by atoms with Crippen LogP contribution in [0.5, 0.6) is 11.5 Å². The van der Waals surface area contributed by atoms with Crippen molar-refractivity contribution in [2.75, 3.05) is 27.9 Å². The summed E-state index contributed by atoms with van der Waals surface area (Å²) >= 11 is 4.78. The van der Waals surface area contributed by atoms with Gasteiger partial charge in [0.1, 0.15) is 11.5 Å². The first-order valence-corrected chi connectivity index (χ1v) is 14.7. The van der Waals surface area contributed by atoms with Crippen molar-refractivity contribution in [2.24, 2.45) is 4.99 Å². The fourth-order valence-corrected chi connectivity index (χ4v) is 6.33. The lowest BCUT2D eigenvalue weighted by molar-refractivity contribution is -0.139. The van der Waals surface area contributed by atoms with Gasteiger partial charge in [-0.25, -0.2) is 14.6 Å². The van der Waals surface area contributed by atoms with E-state index < -0.39 is 18.0 Å². The first-order valence-electron chi connectivity index (χ1n) is 13.1. The molecule has 2 aromatic carbocycles. The Hall–Kier alpha value is -4.42. The van der Waals surface area contributed by atoms with Crippen LogP contribution in [-0.4, -0.2) is 44.4 Å². The number of ether oxygens (including phenoxy) is 4. The minimum absolute atomic E-state index is 0.159. The van der Waals surface area contributed by atoms with E-state index in [1.54, 1.807) is 68.5 Å². The molecule has 0 bridgehead atoms. The van der Waals surface area contributed by atoms with Gasteiger partial charge in [-0.2, -0.15) is 0 Å². The minimum atomic E-state index is -0.855. The Kier molecular flexibility index (Phi) is 8.69. The van der Waals surface area contributed by atoms with Gasteiger partial charge in [-0.3, -0.25) is 9.36 Å².